The lowest BCUT2D eigenvalue weighted by molar-refractivity contribution is -0.139. The summed E-state index contributed by atoms with van der Waals surface area (Å²) in [4.78, 5) is 24.7. The van der Waals surface area contributed by atoms with Crippen molar-refractivity contribution in [3.63, 3.8) is 0 Å². The van der Waals surface area contributed by atoms with Crippen molar-refractivity contribution >= 4 is 11.8 Å². The molecule has 4 N–H and O–H groups in total. The van der Waals surface area contributed by atoms with Gasteiger partial charge in [-0.2, -0.15) is 0 Å². The van der Waals surface area contributed by atoms with Gasteiger partial charge in [0.25, 0.3) is 0 Å². The third-order valence-electron chi connectivity index (χ3n) is 3.09. The van der Waals surface area contributed by atoms with E-state index in [0.717, 1.165) is 5.56 Å². The molecule has 0 saturated heterocycles. The van der Waals surface area contributed by atoms with Gasteiger partial charge in [-0.1, -0.05) is 12.1 Å². The van der Waals surface area contributed by atoms with Crippen LogP contribution in [0.1, 0.15) is 29.8 Å². The van der Waals surface area contributed by atoms with Gasteiger partial charge in [-0.15, -0.1) is 0 Å². The number of carbonyl (C=O) groups is 2. The lowest BCUT2D eigenvalue weighted by Gasteiger charge is -2.28. The second kappa shape index (κ2) is 5.84. The average molecular weight is 263 g/mol. The van der Waals surface area contributed by atoms with Gasteiger partial charge in [0.15, 0.2) is 0 Å². The van der Waals surface area contributed by atoms with Crippen molar-refractivity contribution in [1.29, 1.82) is 0 Å². The molecule has 19 heavy (non-hydrogen) atoms. The van der Waals surface area contributed by atoms with Gasteiger partial charge >= 0.3 is 0 Å². The fourth-order valence-electron chi connectivity index (χ4n) is 1.72. The van der Waals surface area contributed by atoms with E-state index >= 15 is 0 Å². The first-order chi connectivity index (χ1) is 8.77. The summed E-state index contributed by atoms with van der Waals surface area (Å²) in [6.45, 7) is 4.42. The molecule has 0 saturated carbocycles. The highest BCUT2D eigenvalue weighted by Gasteiger charge is 2.28. The molecule has 1 aromatic carbocycles. The molecule has 1 aromatic rings. The topological polar surface area (TPSA) is 89.4 Å². The van der Waals surface area contributed by atoms with Crippen LogP contribution < -0.4 is 11.5 Å². The Morgan fingerprint density at radius 1 is 1.21 bits per heavy atom. The summed E-state index contributed by atoms with van der Waals surface area (Å²) < 4.78 is 0. The summed E-state index contributed by atoms with van der Waals surface area (Å²) in [5, 5.41) is 0. The van der Waals surface area contributed by atoms with Crippen molar-refractivity contribution < 1.29 is 9.59 Å². The maximum atomic E-state index is 12.1. The molecule has 0 atom stereocenters. The van der Waals surface area contributed by atoms with E-state index in [-0.39, 0.29) is 5.91 Å². The molecule has 104 valence electrons. The van der Waals surface area contributed by atoms with Crippen molar-refractivity contribution in [3.8, 4) is 0 Å². The predicted molar refractivity (Wildman–Crippen MR) is 74.3 cm³/mol. The van der Waals surface area contributed by atoms with Crippen LogP contribution in [0.4, 0.5) is 0 Å². The van der Waals surface area contributed by atoms with E-state index in [4.69, 9.17) is 11.5 Å². The van der Waals surface area contributed by atoms with E-state index < -0.39 is 11.3 Å². The van der Waals surface area contributed by atoms with Crippen LogP contribution in [0.2, 0.25) is 0 Å². The predicted octanol–water partition coefficient (Wildman–Crippen LogP) is 0.729. The standard InChI is InChI=1S/C14H21N3O2/c1-14(2,9-15)13(19)17(3)8-10-4-6-11(7-5-10)12(16)18/h4-7H,8-9,15H2,1-3H3,(H2,16,18). The maximum Gasteiger partial charge on any atom is 0.248 e. The molecule has 0 fully saturated rings. The molecule has 0 aliphatic heterocycles. The Hall–Kier alpha value is -1.88. The summed E-state index contributed by atoms with van der Waals surface area (Å²) in [7, 11) is 1.74. The van der Waals surface area contributed by atoms with E-state index in [1.165, 1.54) is 0 Å². The second-order valence-corrected chi connectivity index (χ2v) is 5.31. The minimum atomic E-state index is -0.568. The highest BCUT2D eigenvalue weighted by Crippen LogP contribution is 2.17. The molecule has 5 nitrogen and oxygen atoms in total. The summed E-state index contributed by atoms with van der Waals surface area (Å²) in [5.74, 6) is -0.464. The van der Waals surface area contributed by atoms with Gasteiger partial charge in [-0.25, -0.2) is 0 Å². The number of rotatable bonds is 5. The SMILES string of the molecule is CN(Cc1ccc(C(N)=O)cc1)C(=O)C(C)(C)CN. The minimum absolute atomic E-state index is 0.00558. The third kappa shape index (κ3) is 3.79. The van der Waals surface area contributed by atoms with Crippen molar-refractivity contribution in [2.24, 2.45) is 16.9 Å². The molecule has 1 rings (SSSR count). The Bertz CT molecular complexity index is 466. The zero-order chi connectivity index (χ0) is 14.6. The number of carbonyl (C=O) groups excluding carboxylic acids is 2. The first-order valence-electron chi connectivity index (χ1n) is 6.12. The molecule has 0 spiro atoms. The highest BCUT2D eigenvalue weighted by atomic mass is 16.2. The fraction of sp³-hybridized carbons (Fsp3) is 0.429. The van der Waals surface area contributed by atoms with E-state index in [1.807, 2.05) is 13.8 Å². The first kappa shape index (κ1) is 15.2. The molecule has 0 bridgehead atoms. The second-order valence-electron chi connectivity index (χ2n) is 5.31. The van der Waals surface area contributed by atoms with Crippen molar-refractivity contribution in [1.82, 2.24) is 4.90 Å². The number of nitrogens with zero attached hydrogens (tertiary/aromatic N) is 1. The third-order valence-corrected chi connectivity index (χ3v) is 3.09. The van der Waals surface area contributed by atoms with Crippen molar-refractivity contribution in [2.75, 3.05) is 13.6 Å². The van der Waals surface area contributed by atoms with Gasteiger partial charge in [0.05, 0.1) is 5.41 Å². The summed E-state index contributed by atoms with van der Waals surface area (Å²) in [5.41, 5.74) is 11.6. The fourth-order valence-corrected chi connectivity index (χ4v) is 1.72. The highest BCUT2D eigenvalue weighted by molar-refractivity contribution is 5.92. The Balaban J connectivity index is 2.74. The van der Waals surface area contributed by atoms with Crippen LogP contribution in [0.3, 0.4) is 0 Å². The van der Waals surface area contributed by atoms with Crippen LogP contribution in [-0.2, 0) is 11.3 Å². The normalized spacial score (nSPS) is 11.2. The van der Waals surface area contributed by atoms with Crippen molar-refractivity contribution in [2.45, 2.75) is 20.4 Å². The number of amides is 2. The lowest BCUT2D eigenvalue weighted by atomic mass is 9.92. The number of benzene rings is 1. The average Bonchev–Trinajstić information content (AvgIpc) is 2.38. The molecule has 0 radical (unpaired) electrons. The van der Waals surface area contributed by atoms with Gasteiger partial charge in [0, 0.05) is 25.7 Å². The first-order valence-corrected chi connectivity index (χ1v) is 6.12. The molecule has 0 aromatic heterocycles. The van der Waals surface area contributed by atoms with E-state index in [0.29, 0.717) is 18.7 Å². The number of hydrogen-bond acceptors (Lipinski definition) is 3. The van der Waals surface area contributed by atoms with Gasteiger partial charge < -0.3 is 16.4 Å². The van der Waals surface area contributed by atoms with Gasteiger partial charge in [-0.05, 0) is 31.5 Å². The number of nitrogens with two attached hydrogens (primary N) is 2. The summed E-state index contributed by atoms with van der Waals surface area (Å²) in [6, 6.07) is 6.90. The Morgan fingerprint density at radius 2 is 1.74 bits per heavy atom. The van der Waals surface area contributed by atoms with Crippen LogP contribution in [0.15, 0.2) is 24.3 Å². The molecule has 0 heterocycles. The minimum Gasteiger partial charge on any atom is -0.366 e. The summed E-state index contributed by atoms with van der Waals surface area (Å²) >= 11 is 0. The van der Waals surface area contributed by atoms with Crippen LogP contribution in [0.5, 0.6) is 0 Å². The van der Waals surface area contributed by atoms with Gasteiger partial charge in [-0.3, -0.25) is 9.59 Å². The van der Waals surface area contributed by atoms with E-state index in [9.17, 15) is 9.59 Å². The maximum absolute atomic E-state index is 12.1. The largest absolute Gasteiger partial charge is 0.366 e. The van der Waals surface area contributed by atoms with Crippen LogP contribution >= 0.6 is 0 Å². The quantitative estimate of drug-likeness (QED) is 0.820. The van der Waals surface area contributed by atoms with E-state index in [2.05, 4.69) is 0 Å². The molecule has 5 heteroatoms. The smallest absolute Gasteiger partial charge is 0.248 e. The zero-order valence-corrected chi connectivity index (χ0v) is 11.6. The Morgan fingerprint density at radius 3 is 2.16 bits per heavy atom. The zero-order valence-electron chi connectivity index (χ0n) is 11.6. The molecule has 0 aliphatic carbocycles. The molecular weight excluding hydrogens is 242 g/mol. The molecular formula is C14H21N3O2. The van der Waals surface area contributed by atoms with Crippen LogP contribution in [0, 0.1) is 5.41 Å². The molecule has 2 amide bonds. The van der Waals surface area contributed by atoms with Crippen LogP contribution in [0.25, 0.3) is 0 Å². The molecule has 0 aliphatic rings. The summed E-state index contributed by atoms with van der Waals surface area (Å²) in [6.07, 6.45) is 0. The van der Waals surface area contributed by atoms with Gasteiger partial charge in [0.1, 0.15) is 0 Å². The lowest BCUT2D eigenvalue weighted by Crippen LogP contribution is -2.42. The Kier molecular flexibility index (Phi) is 4.67. The van der Waals surface area contributed by atoms with E-state index in [1.54, 1.807) is 36.2 Å². The number of hydrogen-bond donors (Lipinski definition) is 2. The number of primary amides is 1. The van der Waals surface area contributed by atoms with Crippen LogP contribution in [-0.4, -0.2) is 30.3 Å². The molecule has 0 unspecified atom stereocenters. The Labute approximate surface area is 113 Å². The van der Waals surface area contributed by atoms with Crippen molar-refractivity contribution in [3.05, 3.63) is 35.4 Å². The van der Waals surface area contributed by atoms with Gasteiger partial charge in [0.2, 0.25) is 11.8 Å². The monoisotopic (exact) mass is 263 g/mol.